The maximum absolute atomic E-state index is 12.3. The van der Waals surface area contributed by atoms with Crippen LogP contribution in [-0.4, -0.2) is 24.5 Å². The van der Waals surface area contributed by atoms with Crippen LogP contribution in [0, 0.1) is 0 Å². The number of alkyl halides is 2. The maximum atomic E-state index is 12.3. The van der Waals surface area contributed by atoms with Crippen LogP contribution in [0.1, 0.15) is 11.6 Å². The van der Waals surface area contributed by atoms with Crippen molar-refractivity contribution >= 4 is 22.5 Å². The summed E-state index contributed by atoms with van der Waals surface area (Å²) in [5.74, 6) is 0. The first-order chi connectivity index (χ1) is 9.13. The summed E-state index contributed by atoms with van der Waals surface area (Å²) in [7, 11) is 0. The van der Waals surface area contributed by atoms with E-state index in [0.29, 0.717) is 10.5 Å². The SMILES string of the molecule is NCC(NCC(F)F)c1ccc(Cl)c2cccnc12. The van der Waals surface area contributed by atoms with Crippen LogP contribution in [-0.2, 0) is 0 Å². The van der Waals surface area contributed by atoms with Gasteiger partial charge >= 0.3 is 0 Å². The molecule has 0 aliphatic carbocycles. The number of fused-ring (bicyclic) bond motifs is 1. The molecule has 0 aliphatic rings. The van der Waals surface area contributed by atoms with E-state index in [9.17, 15) is 8.78 Å². The van der Waals surface area contributed by atoms with Gasteiger partial charge < -0.3 is 11.1 Å². The molecule has 0 radical (unpaired) electrons. The fourth-order valence-corrected chi connectivity index (χ4v) is 2.21. The lowest BCUT2D eigenvalue weighted by Crippen LogP contribution is -2.32. The van der Waals surface area contributed by atoms with E-state index >= 15 is 0 Å². The molecule has 1 heterocycles. The molecule has 1 atom stereocenters. The highest BCUT2D eigenvalue weighted by Gasteiger charge is 2.16. The molecule has 0 saturated carbocycles. The average molecular weight is 286 g/mol. The summed E-state index contributed by atoms with van der Waals surface area (Å²) in [5, 5.41) is 4.11. The van der Waals surface area contributed by atoms with Crippen molar-refractivity contribution in [1.29, 1.82) is 0 Å². The molecule has 6 heteroatoms. The molecule has 102 valence electrons. The number of nitrogens with one attached hydrogen (secondary N) is 1. The van der Waals surface area contributed by atoms with Crippen LogP contribution in [0.15, 0.2) is 30.5 Å². The number of benzene rings is 1. The van der Waals surface area contributed by atoms with E-state index in [2.05, 4.69) is 10.3 Å². The molecule has 3 nitrogen and oxygen atoms in total. The van der Waals surface area contributed by atoms with Crippen molar-refractivity contribution in [2.75, 3.05) is 13.1 Å². The molecule has 2 rings (SSSR count). The third-order valence-corrected chi connectivity index (χ3v) is 3.21. The molecule has 3 N–H and O–H groups in total. The number of hydrogen-bond donors (Lipinski definition) is 2. The Balaban J connectivity index is 2.40. The van der Waals surface area contributed by atoms with Crippen molar-refractivity contribution in [2.24, 2.45) is 5.73 Å². The van der Waals surface area contributed by atoms with Gasteiger partial charge in [0.2, 0.25) is 0 Å². The first kappa shape index (κ1) is 14.1. The fourth-order valence-electron chi connectivity index (χ4n) is 1.99. The molecule has 1 unspecified atom stereocenters. The molecule has 19 heavy (non-hydrogen) atoms. The Morgan fingerprint density at radius 3 is 2.79 bits per heavy atom. The number of hydrogen-bond acceptors (Lipinski definition) is 3. The zero-order valence-corrected chi connectivity index (χ0v) is 10.9. The lowest BCUT2D eigenvalue weighted by atomic mass is 10.0. The Morgan fingerprint density at radius 1 is 1.32 bits per heavy atom. The Bertz CT molecular complexity index is 563. The van der Waals surface area contributed by atoms with Crippen LogP contribution in [0.4, 0.5) is 8.78 Å². The summed E-state index contributed by atoms with van der Waals surface area (Å²) >= 11 is 6.09. The van der Waals surface area contributed by atoms with Gasteiger partial charge in [-0.15, -0.1) is 0 Å². The Morgan fingerprint density at radius 2 is 2.11 bits per heavy atom. The van der Waals surface area contributed by atoms with Gasteiger partial charge in [-0.2, -0.15) is 0 Å². The van der Waals surface area contributed by atoms with Crippen LogP contribution in [0.3, 0.4) is 0 Å². The van der Waals surface area contributed by atoms with Crippen molar-refractivity contribution < 1.29 is 8.78 Å². The molecule has 0 aliphatic heterocycles. The van der Waals surface area contributed by atoms with E-state index in [4.69, 9.17) is 17.3 Å². The molecular weight excluding hydrogens is 272 g/mol. The van der Waals surface area contributed by atoms with E-state index < -0.39 is 13.0 Å². The highest BCUT2D eigenvalue weighted by atomic mass is 35.5. The van der Waals surface area contributed by atoms with Gasteiger partial charge in [0.15, 0.2) is 0 Å². The number of nitrogens with two attached hydrogens (primary N) is 1. The molecule has 0 fully saturated rings. The van der Waals surface area contributed by atoms with Crippen LogP contribution in [0.5, 0.6) is 0 Å². The predicted molar refractivity (Wildman–Crippen MR) is 72.6 cm³/mol. The zero-order chi connectivity index (χ0) is 13.8. The summed E-state index contributed by atoms with van der Waals surface area (Å²) in [6.07, 6.45) is -0.774. The van der Waals surface area contributed by atoms with Gasteiger partial charge in [0.1, 0.15) is 0 Å². The lowest BCUT2D eigenvalue weighted by Gasteiger charge is -2.18. The third kappa shape index (κ3) is 3.18. The summed E-state index contributed by atoms with van der Waals surface area (Å²) in [6.45, 7) is -0.196. The second-order valence-electron chi connectivity index (χ2n) is 4.12. The number of pyridine rings is 1. The van der Waals surface area contributed by atoms with Crippen LogP contribution in [0.25, 0.3) is 10.9 Å². The standard InChI is InChI=1S/C13H14ClF2N3/c14-10-4-3-9(11(6-17)19-7-12(15)16)13-8(10)2-1-5-18-13/h1-5,11-12,19H,6-7,17H2. The second-order valence-corrected chi connectivity index (χ2v) is 4.53. The average Bonchev–Trinajstić information content (AvgIpc) is 2.41. The smallest absolute Gasteiger partial charge is 0.250 e. The lowest BCUT2D eigenvalue weighted by molar-refractivity contribution is 0.141. The summed E-state index contributed by atoms with van der Waals surface area (Å²) < 4.78 is 24.6. The first-order valence-electron chi connectivity index (χ1n) is 5.88. The minimum Gasteiger partial charge on any atom is -0.329 e. The van der Waals surface area contributed by atoms with Crippen LogP contribution < -0.4 is 11.1 Å². The number of rotatable bonds is 5. The van der Waals surface area contributed by atoms with Gasteiger partial charge in [0.05, 0.1) is 12.1 Å². The zero-order valence-electron chi connectivity index (χ0n) is 10.1. The minimum absolute atomic E-state index is 0.208. The fraction of sp³-hybridized carbons (Fsp3) is 0.308. The van der Waals surface area contributed by atoms with Crippen LogP contribution >= 0.6 is 11.6 Å². The van der Waals surface area contributed by atoms with E-state index in [0.717, 1.165) is 10.9 Å². The van der Waals surface area contributed by atoms with E-state index in [1.807, 2.05) is 6.07 Å². The van der Waals surface area contributed by atoms with Gasteiger partial charge in [0.25, 0.3) is 6.43 Å². The summed E-state index contributed by atoms with van der Waals surface area (Å²) in [4.78, 5) is 4.27. The molecule has 0 amide bonds. The monoisotopic (exact) mass is 285 g/mol. The van der Waals surface area contributed by atoms with Gasteiger partial charge in [-0.3, -0.25) is 4.98 Å². The Labute approximate surface area is 114 Å². The quantitative estimate of drug-likeness (QED) is 0.888. The Kier molecular flexibility index (Phi) is 4.63. The van der Waals surface area contributed by atoms with E-state index in [1.54, 1.807) is 24.4 Å². The first-order valence-corrected chi connectivity index (χ1v) is 6.26. The predicted octanol–water partition coefficient (Wildman–Crippen LogP) is 2.74. The van der Waals surface area contributed by atoms with Gasteiger partial charge in [-0.1, -0.05) is 17.7 Å². The molecular formula is C13H14ClF2N3. The maximum Gasteiger partial charge on any atom is 0.250 e. The molecule has 0 spiro atoms. The highest BCUT2D eigenvalue weighted by molar-refractivity contribution is 6.35. The normalized spacial score (nSPS) is 13.1. The second kappa shape index (κ2) is 6.23. The molecule has 2 aromatic rings. The van der Waals surface area contributed by atoms with Gasteiger partial charge in [-0.05, 0) is 23.8 Å². The van der Waals surface area contributed by atoms with E-state index in [1.165, 1.54) is 0 Å². The van der Waals surface area contributed by atoms with Gasteiger partial charge in [-0.25, -0.2) is 8.78 Å². The van der Waals surface area contributed by atoms with Crippen molar-refractivity contribution in [3.63, 3.8) is 0 Å². The third-order valence-electron chi connectivity index (χ3n) is 2.88. The minimum atomic E-state index is -2.42. The molecule has 0 saturated heterocycles. The largest absolute Gasteiger partial charge is 0.329 e. The topological polar surface area (TPSA) is 50.9 Å². The van der Waals surface area contributed by atoms with Crippen molar-refractivity contribution in [2.45, 2.75) is 12.5 Å². The molecule has 1 aromatic carbocycles. The van der Waals surface area contributed by atoms with Gasteiger partial charge in [0, 0.05) is 29.2 Å². The summed E-state index contributed by atoms with van der Waals surface area (Å²) in [6, 6.07) is 6.75. The molecule has 1 aromatic heterocycles. The molecule has 0 bridgehead atoms. The van der Waals surface area contributed by atoms with Crippen molar-refractivity contribution in [1.82, 2.24) is 10.3 Å². The number of aromatic nitrogens is 1. The van der Waals surface area contributed by atoms with Crippen molar-refractivity contribution in [3.8, 4) is 0 Å². The Hall–Kier alpha value is -1.30. The highest BCUT2D eigenvalue weighted by Crippen LogP contribution is 2.28. The summed E-state index contributed by atoms with van der Waals surface area (Å²) in [5.41, 5.74) is 7.12. The number of halogens is 3. The number of nitrogens with zero attached hydrogens (tertiary/aromatic N) is 1. The van der Waals surface area contributed by atoms with Crippen LogP contribution in [0.2, 0.25) is 5.02 Å². The van der Waals surface area contributed by atoms with E-state index in [-0.39, 0.29) is 12.6 Å². The van der Waals surface area contributed by atoms with Crippen molar-refractivity contribution in [3.05, 3.63) is 41.0 Å².